The third-order valence-corrected chi connectivity index (χ3v) is 6.69. The SMILES string of the molecule is CC(=O)N(c1nc(COC(=O)c2sc3cccc(F)c3c2C)cs1)c1ccccc1F. The third kappa shape index (κ3) is 4.06. The number of hydrogen-bond acceptors (Lipinski definition) is 6. The van der Waals surface area contributed by atoms with Crippen LogP contribution in [0.25, 0.3) is 10.1 Å². The van der Waals surface area contributed by atoms with Gasteiger partial charge >= 0.3 is 5.97 Å². The average molecular weight is 459 g/mol. The number of fused-ring (bicyclic) bond motifs is 1. The highest BCUT2D eigenvalue weighted by Crippen LogP contribution is 2.34. The first-order valence-corrected chi connectivity index (χ1v) is 10.9. The van der Waals surface area contributed by atoms with Gasteiger partial charge in [-0.1, -0.05) is 18.2 Å². The van der Waals surface area contributed by atoms with E-state index in [1.54, 1.807) is 30.5 Å². The lowest BCUT2D eigenvalue weighted by Crippen LogP contribution is -2.23. The molecular formula is C22H16F2N2O3S2. The minimum Gasteiger partial charge on any atom is -0.455 e. The minimum absolute atomic E-state index is 0.0934. The maximum atomic E-state index is 14.2. The van der Waals surface area contributed by atoms with Crippen molar-refractivity contribution in [2.75, 3.05) is 4.90 Å². The van der Waals surface area contributed by atoms with Crippen LogP contribution in [0.1, 0.15) is 27.9 Å². The van der Waals surface area contributed by atoms with E-state index in [1.165, 1.54) is 47.4 Å². The van der Waals surface area contributed by atoms with Crippen LogP contribution in [0, 0.1) is 18.6 Å². The number of benzene rings is 2. The number of hydrogen-bond donors (Lipinski definition) is 0. The molecule has 4 rings (SSSR count). The van der Waals surface area contributed by atoms with E-state index in [4.69, 9.17) is 4.74 Å². The van der Waals surface area contributed by atoms with Crippen molar-refractivity contribution >= 4 is 55.5 Å². The van der Waals surface area contributed by atoms with Gasteiger partial charge in [0.2, 0.25) is 5.91 Å². The Labute approximate surface area is 184 Å². The molecule has 0 aliphatic heterocycles. The van der Waals surface area contributed by atoms with E-state index in [2.05, 4.69) is 4.98 Å². The van der Waals surface area contributed by atoms with Crippen molar-refractivity contribution in [3.63, 3.8) is 0 Å². The lowest BCUT2D eigenvalue weighted by atomic mass is 10.1. The predicted octanol–water partition coefficient (Wildman–Crippen LogP) is 5.99. The molecule has 9 heteroatoms. The monoisotopic (exact) mass is 458 g/mol. The van der Waals surface area contributed by atoms with Crippen LogP contribution in [0.2, 0.25) is 0 Å². The summed E-state index contributed by atoms with van der Waals surface area (Å²) in [5.74, 6) is -1.91. The number of aromatic nitrogens is 1. The maximum absolute atomic E-state index is 14.2. The molecule has 0 aliphatic rings. The Kier molecular flexibility index (Phi) is 5.79. The summed E-state index contributed by atoms with van der Waals surface area (Å²) in [6.45, 7) is 2.87. The Morgan fingerprint density at radius 3 is 2.55 bits per heavy atom. The highest BCUT2D eigenvalue weighted by Gasteiger charge is 2.22. The number of rotatable bonds is 5. The lowest BCUT2D eigenvalue weighted by molar-refractivity contribution is -0.115. The Morgan fingerprint density at radius 1 is 1.10 bits per heavy atom. The number of nitrogens with zero attached hydrogens (tertiary/aromatic N) is 2. The van der Waals surface area contributed by atoms with Crippen molar-refractivity contribution < 1.29 is 23.1 Å². The number of anilines is 2. The fraction of sp³-hybridized carbons (Fsp3) is 0.136. The zero-order chi connectivity index (χ0) is 22.1. The van der Waals surface area contributed by atoms with Crippen LogP contribution in [0.3, 0.4) is 0 Å². The molecular weight excluding hydrogens is 442 g/mol. The van der Waals surface area contributed by atoms with Crippen molar-refractivity contribution in [3.8, 4) is 0 Å². The zero-order valence-electron chi connectivity index (χ0n) is 16.5. The summed E-state index contributed by atoms with van der Waals surface area (Å²) in [5, 5.41) is 2.32. The molecule has 0 atom stereocenters. The van der Waals surface area contributed by atoms with Gasteiger partial charge in [-0.3, -0.25) is 9.69 Å². The van der Waals surface area contributed by atoms with Gasteiger partial charge in [0.1, 0.15) is 23.1 Å². The van der Waals surface area contributed by atoms with E-state index in [0.717, 1.165) is 11.3 Å². The molecule has 158 valence electrons. The van der Waals surface area contributed by atoms with Crippen LogP contribution >= 0.6 is 22.7 Å². The van der Waals surface area contributed by atoms with Crippen molar-refractivity contribution in [1.82, 2.24) is 4.98 Å². The van der Waals surface area contributed by atoms with Crippen LogP contribution in [-0.4, -0.2) is 16.9 Å². The van der Waals surface area contributed by atoms with Crippen molar-refractivity contribution in [1.29, 1.82) is 0 Å². The smallest absolute Gasteiger partial charge is 0.349 e. The molecule has 2 aromatic heterocycles. The van der Waals surface area contributed by atoms with Gasteiger partial charge < -0.3 is 4.74 Å². The first kappa shape index (κ1) is 21.1. The molecule has 0 unspecified atom stereocenters. The summed E-state index contributed by atoms with van der Waals surface area (Å²) >= 11 is 2.30. The van der Waals surface area contributed by atoms with E-state index in [9.17, 15) is 18.4 Å². The van der Waals surface area contributed by atoms with E-state index in [-0.39, 0.29) is 23.2 Å². The molecule has 5 nitrogen and oxygen atoms in total. The van der Waals surface area contributed by atoms with E-state index >= 15 is 0 Å². The first-order valence-electron chi connectivity index (χ1n) is 9.21. The number of aryl methyl sites for hydroxylation is 1. The molecule has 0 N–H and O–H groups in total. The summed E-state index contributed by atoms with van der Waals surface area (Å²) in [6, 6.07) is 10.6. The Bertz CT molecular complexity index is 1300. The van der Waals surface area contributed by atoms with Gasteiger partial charge in [0, 0.05) is 22.4 Å². The van der Waals surface area contributed by atoms with Crippen molar-refractivity contribution in [2.45, 2.75) is 20.5 Å². The molecule has 0 saturated carbocycles. The number of ether oxygens (including phenoxy) is 1. The highest BCUT2D eigenvalue weighted by atomic mass is 32.1. The largest absolute Gasteiger partial charge is 0.455 e. The van der Waals surface area contributed by atoms with Gasteiger partial charge in [-0.05, 0) is 36.8 Å². The fourth-order valence-electron chi connectivity index (χ4n) is 3.16. The van der Waals surface area contributed by atoms with Crippen LogP contribution in [0.4, 0.5) is 19.6 Å². The highest BCUT2D eigenvalue weighted by molar-refractivity contribution is 7.21. The van der Waals surface area contributed by atoms with Crippen molar-refractivity contribution in [3.05, 3.63) is 75.6 Å². The van der Waals surface area contributed by atoms with Gasteiger partial charge in [-0.15, -0.1) is 22.7 Å². The van der Waals surface area contributed by atoms with Gasteiger partial charge in [0.05, 0.1) is 11.4 Å². The Hall–Kier alpha value is -3.17. The molecule has 2 heterocycles. The standard InChI is InChI=1S/C22H16F2N2O3S2/c1-12-19-16(24)7-5-9-18(19)31-20(12)21(28)29-10-14-11-30-22(25-14)26(13(2)27)17-8-4-3-6-15(17)23/h3-9,11H,10H2,1-2H3. The van der Waals surface area contributed by atoms with Crippen LogP contribution in [-0.2, 0) is 16.1 Å². The number of halogens is 2. The molecule has 31 heavy (non-hydrogen) atoms. The number of esters is 1. The number of amides is 1. The molecule has 0 bridgehead atoms. The second kappa shape index (κ2) is 8.52. The molecule has 2 aromatic carbocycles. The summed E-state index contributed by atoms with van der Waals surface area (Å²) in [5.41, 5.74) is 1.04. The van der Waals surface area contributed by atoms with Crippen LogP contribution < -0.4 is 4.90 Å². The summed E-state index contributed by atoms with van der Waals surface area (Å²) in [4.78, 5) is 30.5. The fourth-order valence-corrected chi connectivity index (χ4v) is 5.14. The summed E-state index contributed by atoms with van der Waals surface area (Å²) in [7, 11) is 0. The van der Waals surface area contributed by atoms with Crippen LogP contribution in [0.15, 0.2) is 47.8 Å². The van der Waals surface area contributed by atoms with E-state index in [1.807, 2.05) is 0 Å². The number of thiophene rings is 1. The molecule has 0 saturated heterocycles. The summed E-state index contributed by atoms with van der Waals surface area (Å²) in [6.07, 6.45) is 0. The minimum atomic E-state index is -0.579. The topological polar surface area (TPSA) is 59.5 Å². The normalized spacial score (nSPS) is 11.0. The van der Waals surface area contributed by atoms with Crippen LogP contribution in [0.5, 0.6) is 0 Å². The Balaban J connectivity index is 1.52. The average Bonchev–Trinajstić information content (AvgIpc) is 3.33. The number of para-hydroxylation sites is 1. The second-order valence-electron chi connectivity index (χ2n) is 6.67. The lowest BCUT2D eigenvalue weighted by Gasteiger charge is -2.18. The van der Waals surface area contributed by atoms with E-state index < -0.39 is 17.7 Å². The summed E-state index contributed by atoms with van der Waals surface area (Å²) < 4.78 is 34.3. The molecule has 0 radical (unpaired) electrons. The molecule has 0 spiro atoms. The molecule has 0 aliphatic carbocycles. The molecule has 1 amide bonds. The van der Waals surface area contributed by atoms with E-state index in [0.29, 0.717) is 26.2 Å². The maximum Gasteiger partial charge on any atom is 0.349 e. The third-order valence-electron chi connectivity index (χ3n) is 4.58. The zero-order valence-corrected chi connectivity index (χ0v) is 18.2. The van der Waals surface area contributed by atoms with Gasteiger partial charge in [-0.2, -0.15) is 0 Å². The first-order chi connectivity index (χ1) is 14.9. The molecule has 4 aromatic rings. The molecule has 0 fully saturated rings. The van der Waals surface area contributed by atoms with Gasteiger partial charge in [-0.25, -0.2) is 18.6 Å². The predicted molar refractivity (Wildman–Crippen MR) is 117 cm³/mol. The van der Waals surface area contributed by atoms with Crippen molar-refractivity contribution in [2.24, 2.45) is 0 Å². The van der Waals surface area contributed by atoms with Gasteiger partial charge in [0.25, 0.3) is 0 Å². The quantitative estimate of drug-likeness (QED) is 0.345. The second-order valence-corrected chi connectivity index (χ2v) is 8.56. The van der Waals surface area contributed by atoms with Gasteiger partial charge in [0.15, 0.2) is 5.13 Å². The number of carbonyl (C=O) groups is 2. The number of thiazole rings is 1. The Morgan fingerprint density at radius 2 is 1.84 bits per heavy atom. The number of carbonyl (C=O) groups excluding carboxylic acids is 2.